The number of benzene rings is 1. The Balaban J connectivity index is 1.90. The van der Waals surface area contributed by atoms with E-state index in [1.54, 1.807) is 0 Å². The lowest BCUT2D eigenvalue weighted by atomic mass is 9.81. The zero-order valence-corrected chi connectivity index (χ0v) is 9.89. The summed E-state index contributed by atoms with van der Waals surface area (Å²) < 4.78 is 10.6. The van der Waals surface area contributed by atoms with E-state index >= 15 is 0 Å². The standard InChI is InChI=1S/C13H15NO4/c15-13(16)9-3-4-14-6-10(9)8-1-2-11-12(5-8)18-7-17-11/h1-2,5,9-10,14H,3-4,6-7H2,(H,15,16). The van der Waals surface area contributed by atoms with Crippen molar-refractivity contribution in [2.24, 2.45) is 5.92 Å². The van der Waals surface area contributed by atoms with E-state index in [1.165, 1.54) is 0 Å². The van der Waals surface area contributed by atoms with Crippen molar-refractivity contribution in [2.75, 3.05) is 19.9 Å². The van der Waals surface area contributed by atoms with Gasteiger partial charge in [0.1, 0.15) is 0 Å². The summed E-state index contributed by atoms with van der Waals surface area (Å²) in [6, 6.07) is 5.68. The number of carboxylic acids is 1. The van der Waals surface area contributed by atoms with Crippen LogP contribution in [0.2, 0.25) is 0 Å². The molecule has 2 N–H and O–H groups in total. The topological polar surface area (TPSA) is 67.8 Å². The molecule has 0 spiro atoms. The average Bonchev–Trinajstić information content (AvgIpc) is 2.85. The number of hydrogen-bond donors (Lipinski definition) is 2. The second kappa shape index (κ2) is 4.49. The molecule has 0 saturated carbocycles. The molecule has 1 saturated heterocycles. The van der Waals surface area contributed by atoms with Gasteiger partial charge in [0.25, 0.3) is 0 Å². The number of carboxylic acid groups (broad SMARTS) is 1. The first-order valence-corrected chi connectivity index (χ1v) is 6.09. The zero-order valence-electron chi connectivity index (χ0n) is 9.89. The number of hydrogen-bond acceptors (Lipinski definition) is 4. The van der Waals surface area contributed by atoms with Crippen LogP contribution in [0.1, 0.15) is 17.9 Å². The summed E-state index contributed by atoms with van der Waals surface area (Å²) in [7, 11) is 0. The Bertz CT molecular complexity index is 474. The van der Waals surface area contributed by atoms with Crippen LogP contribution in [-0.4, -0.2) is 31.0 Å². The molecule has 1 fully saturated rings. The van der Waals surface area contributed by atoms with Crippen LogP contribution in [0, 0.1) is 5.92 Å². The van der Waals surface area contributed by atoms with Crippen LogP contribution in [0.15, 0.2) is 18.2 Å². The van der Waals surface area contributed by atoms with E-state index in [2.05, 4.69) is 5.32 Å². The number of carbonyl (C=O) groups is 1. The molecule has 5 nitrogen and oxygen atoms in total. The predicted octanol–water partition coefficient (Wildman–Crippen LogP) is 1.19. The van der Waals surface area contributed by atoms with E-state index in [0.29, 0.717) is 18.7 Å². The summed E-state index contributed by atoms with van der Waals surface area (Å²) in [5, 5.41) is 12.5. The van der Waals surface area contributed by atoms with Gasteiger partial charge in [0.05, 0.1) is 5.92 Å². The summed E-state index contributed by atoms with van der Waals surface area (Å²) in [6.07, 6.45) is 0.661. The summed E-state index contributed by atoms with van der Waals surface area (Å²) in [6.45, 7) is 1.69. The van der Waals surface area contributed by atoms with Crippen LogP contribution in [0.5, 0.6) is 11.5 Å². The zero-order chi connectivity index (χ0) is 12.5. The Morgan fingerprint density at radius 3 is 3.00 bits per heavy atom. The molecule has 5 heteroatoms. The van der Waals surface area contributed by atoms with Gasteiger partial charge in [-0.1, -0.05) is 6.07 Å². The molecule has 0 aromatic heterocycles. The molecular weight excluding hydrogens is 234 g/mol. The van der Waals surface area contributed by atoms with Crippen LogP contribution >= 0.6 is 0 Å². The number of ether oxygens (including phenoxy) is 2. The van der Waals surface area contributed by atoms with Crippen molar-refractivity contribution in [1.82, 2.24) is 5.32 Å². The van der Waals surface area contributed by atoms with Gasteiger partial charge in [-0.3, -0.25) is 4.79 Å². The van der Waals surface area contributed by atoms with Gasteiger partial charge in [0.15, 0.2) is 11.5 Å². The Hall–Kier alpha value is -1.75. The van der Waals surface area contributed by atoms with Crippen molar-refractivity contribution in [3.63, 3.8) is 0 Å². The fourth-order valence-corrected chi connectivity index (χ4v) is 2.65. The van der Waals surface area contributed by atoms with Crippen LogP contribution in [0.3, 0.4) is 0 Å². The van der Waals surface area contributed by atoms with E-state index in [4.69, 9.17) is 9.47 Å². The second-order valence-electron chi connectivity index (χ2n) is 4.66. The fourth-order valence-electron chi connectivity index (χ4n) is 2.65. The third-order valence-corrected chi connectivity index (χ3v) is 3.62. The largest absolute Gasteiger partial charge is 0.481 e. The lowest BCUT2D eigenvalue weighted by Gasteiger charge is -2.29. The first kappa shape index (κ1) is 11.3. The first-order chi connectivity index (χ1) is 8.75. The number of fused-ring (bicyclic) bond motifs is 1. The highest BCUT2D eigenvalue weighted by molar-refractivity contribution is 5.71. The summed E-state index contributed by atoms with van der Waals surface area (Å²) >= 11 is 0. The Kier molecular flexibility index (Phi) is 2.83. The molecule has 0 aliphatic carbocycles. The molecule has 1 aromatic rings. The van der Waals surface area contributed by atoms with E-state index in [9.17, 15) is 9.90 Å². The maximum absolute atomic E-state index is 11.3. The van der Waals surface area contributed by atoms with Crippen LogP contribution in [0.25, 0.3) is 0 Å². The van der Waals surface area contributed by atoms with E-state index in [1.807, 2.05) is 18.2 Å². The third kappa shape index (κ3) is 1.90. The van der Waals surface area contributed by atoms with E-state index in [0.717, 1.165) is 17.9 Å². The van der Waals surface area contributed by atoms with Crippen molar-refractivity contribution in [3.8, 4) is 11.5 Å². The Labute approximate surface area is 105 Å². The number of aliphatic carboxylic acids is 1. The van der Waals surface area contributed by atoms with Gasteiger partial charge in [-0.25, -0.2) is 0 Å². The number of piperidine rings is 1. The number of rotatable bonds is 2. The first-order valence-electron chi connectivity index (χ1n) is 6.09. The molecule has 0 bridgehead atoms. The summed E-state index contributed by atoms with van der Waals surface area (Å²) in [4.78, 5) is 11.3. The molecule has 2 unspecified atom stereocenters. The minimum absolute atomic E-state index is 0.00856. The number of nitrogens with one attached hydrogen (secondary N) is 1. The molecule has 3 rings (SSSR count). The van der Waals surface area contributed by atoms with E-state index in [-0.39, 0.29) is 18.6 Å². The average molecular weight is 249 g/mol. The molecule has 2 aliphatic rings. The van der Waals surface area contributed by atoms with Gasteiger partial charge in [-0.15, -0.1) is 0 Å². The van der Waals surface area contributed by atoms with E-state index < -0.39 is 5.97 Å². The minimum atomic E-state index is -0.723. The Morgan fingerprint density at radius 2 is 2.17 bits per heavy atom. The molecule has 2 aliphatic heterocycles. The predicted molar refractivity (Wildman–Crippen MR) is 63.9 cm³/mol. The summed E-state index contributed by atoms with van der Waals surface area (Å²) in [5.74, 6) is 0.383. The third-order valence-electron chi connectivity index (χ3n) is 3.62. The van der Waals surface area contributed by atoms with Gasteiger partial charge in [0, 0.05) is 12.5 Å². The normalized spacial score (nSPS) is 26.0. The molecule has 2 atom stereocenters. The lowest BCUT2D eigenvalue weighted by molar-refractivity contribution is -0.143. The van der Waals surface area contributed by atoms with Gasteiger partial charge in [-0.2, -0.15) is 0 Å². The van der Waals surface area contributed by atoms with Gasteiger partial charge in [0.2, 0.25) is 6.79 Å². The molecule has 1 aromatic carbocycles. The fraction of sp³-hybridized carbons (Fsp3) is 0.462. The van der Waals surface area contributed by atoms with Crippen molar-refractivity contribution < 1.29 is 19.4 Å². The molecule has 0 radical (unpaired) electrons. The van der Waals surface area contributed by atoms with Crippen molar-refractivity contribution in [2.45, 2.75) is 12.3 Å². The van der Waals surface area contributed by atoms with Crippen LogP contribution in [0.4, 0.5) is 0 Å². The SMILES string of the molecule is O=C(O)C1CCNCC1c1ccc2c(c1)OCO2. The summed E-state index contributed by atoms with van der Waals surface area (Å²) in [5.41, 5.74) is 0.999. The van der Waals surface area contributed by atoms with Gasteiger partial charge >= 0.3 is 5.97 Å². The molecular formula is C13H15NO4. The minimum Gasteiger partial charge on any atom is -0.481 e. The highest BCUT2D eigenvalue weighted by Gasteiger charge is 2.32. The Morgan fingerprint density at radius 1 is 1.33 bits per heavy atom. The molecule has 96 valence electrons. The maximum Gasteiger partial charge on any atom is 0.307 e. The van der Waals surface area contributed by atoms with Crippen molar-refractivity contribution >= 4 is 5.97 Å². The molecule has 0 amide bonds. The molecule has 18 heavy (non-hydrogen) atoms. The quantitative estimate of drug-likeness (QED) is 0.824. The maximum atomic E-state index is 11.3. The van der Waals surface area contributed by atoms with Gasteiger partial charge in [-0.05, 0) is 30.7 Å². The van der Waals surface area contributed by atoms with Crippen molar-refractivity contribution in [3.05, 3.63) is 23.8 Å². The highest BCUT2D eigenvalue weighted by atomic mass is 16.7. The highest BCUT2D eigenvalue weighted by Crippen LogP contribution is 2.37. The van der Waals surface area contributed by atoms with Crippen molar-refractivity contribution in [1.29, 1.82) is 0 Å². The monoisotopic (exact) mass is 249 g/mol. The van der Waals surface area contributed by atoms with Gasteiger partial charge < -0.3 is 19.9 Å². The smallest absolute Gasteiger partial charge is 0.307 e. The van der Waals surface area contributed by atoms with Crippen LogP contribution in [-0.2, 0) is 4.79 Å². The molecule has 2 heterocycles. The van der Waals surface area contributed by atoms with Crippen LogP contribution < -0.4 is 14.8 Å². The lowest BCUT2D eigenvalue weighted by Crippen LogP contribution is -2.38. The second-order valence-corrected chi connectivity index (χ2v) is 4.66.